The smallest absolute Gasteiger partial charge is 0.270 e. The summed E-state index contributed by atoms with van der Waals surface area (Å²) in [7, 11) is 1.62. The summed E-state index contributed by atoms with van der Waals surface area (Å²) < 4.78 is 5.24. The van der Waals surface area contributed by atoms with Gasteiger partial charge >= 0.3 is 0 Å². The van der Waals surface area contributed by atoms with Gasteiger partial charge in [-0.15, -0.1) is 12.4 Å². The molecule has 1 heterocycles. The van der Waals surface area contributed by atoms with Gasteiger partial charge in [-0.2, -0.15) is 0 Å². The lowest BCUT2D eigenvalue weighted by Crippen LogP contribution is -2.35. The average Bonchev–Trinajstić information content (AvgIpc) is 3.10. The fourth-order valence-corrected chi connectivity index (χ4v) is 3.53. The van der Waals surface area contributed by atoms with Crippen molar-refractivity contribution in [2.24, 2.45) is 0 Å². The number of pyridine rings is 1. The molecule has 150 valence electrons. The van der Waals surface area contributed by atoms with E-state index in [4.69, 9.17) is 10.5 Å². The van der Waals surface area contributed by atoms with Crippen LogP contribution in [0.3, 0.4) is 0 Å². The average molecular weight is 411 g/mol. The van der Waals surface area contributed by atoms with E-state index in [9.17, 15) is 4.79 Å². The van der Waals surface area contributed by atoms with E-state index in [1.807, 2.05) is 36.4 Å². The fourth-order valence-electron chi connectivity index (χ4n) is 3.53. The number of carbonyl (C=O) groups excluding carboxylic acids is 1. The number of hydrogen-bond donors (Lipinski definition) is 3. The topological polar surface area (TPSA) is 89.3 Å². The maximum absolute atomic E-state index is 12.7. The highest BCUT2D eigenvalue weighted by Crippen LogP contribution is 2.24. The molecule has 0 unspecified atom stereocenters. The van der Waals surface area contributed by atoms with Gasteiger partial charge < -0.3 is 21.1 Å². The summed E-state index contributed by atoms with van der Waals surface area (Å²) in [6.07, 6.45) is 1.66. The van der Waals surface area contributed by atoms with Crippen LogP contribution in [-0.2, 0) is 12.8 Å². The first kappa shape index (κ1) is 20.5. The van der Waals surface area contributed by atoms with Crippen LogP contribution in [0, 0.1) is 0 Å². The van der Waals surface area contributed by atoms with Crippen LogP contribution in [0.25, 0.3) is 0 Å². The van der Waals surface area contributed by atoms with Crippen LogP contribution in [0.15, 0.2) is 60.7 Å². The standard InChI is InChI=1S/C22H22N4O2.ClH/c1-28-19-8-4-7-16(11-19)24-18-12-20(26-21(23)13-18)22(27)25-17-9-14-5-2-3-6-15(14)10-17;/h2-8,11-13,17H,9-10H2,1H3,(H,25,27)(H3,23,24,26);1H. The van der Waals surface area contributed by atoms with Gasteiger partial charge in [0.15, 0.2) is 0 Å². The molecule has 0 aliphatic heterocycles. The van der Waals surface area contributed by atoms with E-state index in [1.54, 1.807) is 19.2 Å². The van der Waals surface area contributed by atoms with Crippen LogP contribution < -0.4 is 21.1 Å². The first-order valence-electron chi connectivity index (χ1n) is 9.17. The van der Waals surface area contributed by atoms with Crippen molar-refractivity contribution in [1.82, 2.24) is 10.3 Å². The molecule has 3 aromatic rings. The van der Waals surface area contributed by atoms with E-state index in [2.05, 4.69) is 27.8 Å². The number of carbonyl (C=O) groups is 1. The van der Waals surface area contributed by atoms with E-state index < -0.39 is 0 Å². The molecule has 0 bridgehead atoms. The number of halogens is 1. The molecule has 1 aromatic heterocycles. The fraction of sp³-hybridized carbons (Fsp3) is 0.182. The molecule has 0 radical (unpaired) electrons. The summed E-state index contributed by atoms with van der Waals surface area (Å²) >= 11 is 0. The van der Waals surface area contributed by atoms with Gasteiger partial charge in [-0.05, 0) is 42.2 Å². The van der Waals surface area contributed by atoms with Crippen molar-refractivity contribution in [1.29, 1.82) is 0 Å². The van der Waals surface area contributed by atoms with Crippen LogP contribution in [0.2, 0.25) is 0 Å². The van der Waals surface area contributed by atoms with Crippen LogP contribution in [0.1, 0.15) is 21.6 Å². The van der Waals surface area contributed by atoms with Gasteiger partial charge in [0, 0.05) is 29.5 Å². The maximum atomic E-state index is 12.7. The van der Waals surface area contributed by atoms with E-state index in [-0.39, 0.29) is 30.2 Å². The lowest BCUT2D eigenvalue weighted by molar-refractivity contribution is 0.0933. The number of methoxy groups -OCH3 is 1. The molecule has 0 spiro atoms. The largest absolute Gasteiger partial charge is 0.497 e. The van der Waals surface area contributed by atoms with Crippen LogP contribution in [-0.4, -0.2) is 24.0 Å². The second-order valence-corrected chi connectivity index (χ2v) is 6.87. The minimum absolute atomic E-state index is 0. The zero-order valence-corrected chi connectivity index (χ0v) is 16.8. The number of anilines is 3. The summed E-state index contributed by atoms with van der Waals surface area (Å²) in [6, 6.07) is 19.3. The molecule has 0 saturated heterocycles. The van der Waals surface area contributed by atoms with Gasteiger partial charge in [-0.3, -0.25) is 4.79 Å². The number of benzene rings is 2. The molecule has 6 nitrogen and oxygen atoms in total. The molecular formula is C22H23ClN4O2. The van der Waals surface area contributed by atoms with E-state index in [0.29, 0.717) is 11.4 Å². The van der Waals surface area contributed by atoms with Gasteiger partial charge in [-0.1, -0.05) is 30.3 Å². The summed E-state index contributed by atoms with van der Waals surface area (Å²) in [5.41, 5.74) is 10.3. The van der Waals surface area contributed by atoms with Gasteiger partial charge in [0.05, 0.1) is 7.11 Å². The zero-order chi connectivity index (χ0) is 19.5. The molecule has 4 N–H and O–H groups in total. The molecular weight excluding hydrogens is 388 g/mol. The van der Waals surface area contributed by atoms with Crippen LogP contribution in [0.4, 0.5) is 17.2 Å². The van der Waals surface area contributed by atoms with Crippen molar-refractivity contribution in [2.45, 2.75) is 18.9 Å². The molecule has 7 heteroatoms. The Morgan fingerprint density at radius 1 is 1.03 bits per heavy atom. The third-order valence-corrected chi connectivity index (χ3v) is 4.82. The molecule has 2 aromatic carbocycles. The predicted octanol–water partition coefficient (Wildman–Crippen LogP) is 3.74. The molecule has 0 saturated carbocycles. The number of nitrogens with zero attached hydrogens (tertiary/aromatic N) is 1. The summed E-state index contributed by atoms with van der Waals surface area (Å²) in [4.78, 5) is 16.9. The van der Waals surface area contributed by atoms with Gasteiger partial charge in [-0.25, -0.2) is 4.98 Å². The van der Waals surface area contributed by atoms with E-state index in [1.165, 1.54) is 11.1 Å². The highest BCUT2D eigenvalue weighted by atomic mass is 35.5. The molecule has 1 amide bonds. The number of nitrogens with one attached hydrogen (secondary N) is 2. The van der Waals surface area contributed by atoms with Gasteiger partial charge in [0.2, 0.25) is 0 Å². The Bertz CT molecular complexity index is 1000. The molecule has 29 heavy (non-hydrogen) atoms. The number of amides is 1. The second-order valence-electron chi connectivity index (χ2n) is 6.87. The van der Waals surface area contributed by atoms with Gasteiger partial charge in [0.1, 0.15) is 17.3 Å². The SMILES string of the molecule is COc1cccc(Nc2cc(N)nc(C(=O)NC3Cc4ccccc4C3)c2)c1.Cl. The summed E-state index contributed by atoms with van der Waals surface area (Å²) in [5.74, 6) is 0.803. The van der Waals surface area contributed by atoms with Crippen LogP contribution >= 0.6 is 12.4 Å². The van der Waals surface area contributed by atoms with Crippen LogP contribution in [0.5, 0.6) is 5.75 Å². The third kappa shape index (κ3) is 4.78. The number of nitrogens with two attached hydrogens (primary N) is 1. The number of nitrogen functional groups attached to an aromatic ring is 1. The summed E-state index contributed by atoms with van der Waals surface area (Å²) in [5, 5.41) is 6.32. The number of hydrogen-bond acceptors (Lipinski definition) is 5. The Labute approximate surface area is 175 Å². The van der Waals surface area contributed by atoms with E-state index in [0.717, 1.165) is 24.3 Å². The van der Waals surface area contributed by atoms with Crippen molar-refractivity contribution in [3.8, 4) is 5.75 Å². The Kier molecular flexibility index (Phi) is 6.24. The monoisotopic (exact) mass is 410 g/mol. The van der Waals surface area contributed by atoms with Crippen molar-refractivity contribution in [2.75, 3.05) is 18.2 Å². The Morgan fingerprint density at radius 3 is 2.45 bits per heavy atom. The number of ether oxygens (including phenoxy) is 1. The quantitative estimate of drug-likeness (QED) is 0.596. The Balaban J connectivity index is 0.00000240. The predicted molar refractivity (Wildman–Crippen MR) is 117 cm³/mol. The highest BCUT2D eigenvalue weighted by molar-refractivity contribution is 5.94. The maximum Gasteiger partial charge on any atom is 0.270 e. The normalized spacial score (nSPS) is 12.6. The Hall–Kier alpha value is -3.25. The van der Waals surface area contributed by atoms with Crippen molar-refractivity contribution in [3.05, 3.63) is 77.5 Å². The minimum atomic E-state index is -0.223. The van der Waals surface area contributed by atoms with Crippen molar-refractivity contribution >= 4 is 35.5 Å². The second kappa shape index (κ2) is 8.84. The third-order valence-electron chi connectivity index (χ3n) is 4.82. The molecule has 1 aliphatic rings. The lowest BCUT2D eigenvalue weighted by atomic mass is 10.1. The highest BCUT2D eigenvalue weighted by Gasteiger charge is 2.23. The van der Waals surface area contributed by atoms with Crippen molar-refractivity contribution < 1.29 is 9.53 Å². The summed E-state index contributed by atoms with van der Waals surface area (Å²) in [6.45, 7) is 0. The first-order valence-corrected chi connectivity index (χ1v) is 9.17. The minimum Gasteiger partial charge on any atom is -0.497 e. The van der Waals surface area contributed by atoms with Crippen molar-refractivity contribution in [3.63, 3.8) is 0 Å². The number of aromatic nitrogens is 1. The van der Waals surface area contributed by atoms with E-state index >= 15 is 0 Å². The molecule has 1 aliphatic carbocycles. The molecule has 0 atom stereocenters. The first-order chi connectivity index (χ1) is 13.6. The molecule has 0 fully saturated rings. The number of fused-ring (bicyclic) bond motifs is 1. The lowest BCUT2D eigenvalue weighted by Gasteiger charge is -2.13. The Morgan fingerprint density at radius 2 is 1.76 bits per heavy atom. The van der Waals surface area contributed by atoms with Gasteiger partial charge in [0.25, 0.3) is 5.91 Å². The number of rotatable bonds is 5. The zero-order valence-electron chi connectivity index (χ0n) is 16.0. The molecule has 4 rings (SSSR count).